The zero-order chi connectivity index (χ0) is 13.5. The van der Waals surface area contributed by atoms with Gasteiger partial charge in [-0.2, -0.15) is 0 Å². The van der Waals surface area contributed by atoms with E-state index in [4.69, 9.17) is 9.47 Å². The van der Waals surface area contributed by atoms with E-state index in [2.05, 4.69) is 13.8 Å². The van der Waals surface area contributed by atoms with Crippen LogP contribution in [-0.4, -0.2) is 25.4 Å². The van der Waals surface area contributed by atoms with E-state index in [1.165, 1.54) is 0 Å². The highest BCUT2D eigenvalue weighted by Crippen LogP contribution is 2.28. The van der Waals surface area contributed by atoms with Crippen LogP contribution >= 0.6 is 0 Å². The molecule has 1 rings (SSSR count). The lowest BCUT2D eigenvalue weighted by molar-refractivity contribution is 0.157. The SMILES string of the molecule is COc1ccc(CC(O)CCC(C)C)cc1OC. The number of aliphatic hydroxyl groups is 1. The molecule has 1 N–H and O–H groups in total. The average molecular weight is 252 g/mol. The van der Waals surface area contributed by atoms with Crippen molar-refractivity contribution in [1.82, 2.24) is 0 Å². The first-order valence-electron chi connectivity index (χ1n) is 6.45. The van der Waals surface area contributed by atoms with Crippen LogP contribution in [0.4, 0.5) is 0 Å². The number of methoxy groups -OCH3 is 2. The Morgan fingerprint density at radius 2 is 1.72 bits per heavy atom. The molecule has 3 heteroatoms. The van der Waals surface area contributed by atoms with Crippen molar-refractivity contribution < 1.29 is 14.6 Å². The van der Waals surface area contributed by atoms with Gasteiger partial charge in [0.2, 0.25) is 0 Å². The summed E-state index contributed by atoms with van der Waals surface area (Å²) in [4.78, 5) is 0. The molecule has 0 aromatic heterocycles. The molecule has 0 spiro atoms. The lowest BCUT2D eigenvalue weighted by atomic mass is 10.00. The van der Waals surface area contributed by atoms with Gasteiger partial charge in [0.1, 0.15) is 0 Å². The summed E-state index contributed by atoms with van der Waals surface area (Å²) in [5, 5.41) is 9.97. The number of hydrogen-bond acceptors (Lipinski definition) is 3. The summed E-state index contributed by atoms with van der Waals surface area (Å²) in [7, 11) is 3.24. The second-order valence-electron chi connectivity index (χ2n) is 5.02. The molecule has 0 fully saturated rings. The Morgan fingerprint density at radius 1 is 1.06 bits per heavy atom. The van der Waals surface area contributed by atoms with Crippen molar-refractivity contribution in [2.75, 3.05) is 14.2 Å². The van der Waals surface area contributed by atoms with Crippen molar-refractivity contribution in [3.63, 3.8) is 0 Å². The highest BCUT2D eigenvalue weighted by Gasteiger charge is 2.10. The van der Waals surface area contributed by atoms with E-state index < -0.39 is 0 Å². The fourth-order valence-corrected chi connectivity index (χ4v) is 1.91. The van der Waals surface area contributed by atoms with Crippen molar-refractivity contribution in [3.05, 3.63) is 23.8 Å². The molecular formula is C15H24O3. The van der Waals surface area contributed by atoms with Gasteiger partial charge in [-0.15, -0.1) is 0 Å². The molecule has 0 amide bonds. The Bertz CT molecular complexity index is 361. The molecule has 1 aromatic rings. The van der Waals surface area contributed by atoms with Crippen LogP contribution in [0.25, 0.3) is 0 Å². The topological polar surface area (TPSA) is 38.7 Å². The van der Waals surface area contributed by atoms with Gasteiger partial charge >= 0.3 is 0 Å². The van der Waals surface area contributed by atoms with E-state index in [1.807, 2.05) is 18.2 Å². The molecule has 0 aliphatic carbocycles. The van der Waals surface area contributed by atoms with Gasteiger partial charge in [0, 0.05) is 0 Å². The summed E-state index contributed by atoms with van der Waals surface area (Å²) in [5.41, 5.74) is 1.07. The first-order valence-corrected chi connectivity index (χ1v) is 6.45. The van der Waals surface area contributed by atoms with Crippen LogP contribution in [0.5, 0.6) is 11.5 Å². The first-order chi connectivity index (χ1) is 8.56. The third-order valence-electron chi connectivity index (χ3n) is 3.00. The van der Waals surface area contributed by atoms with Gasteiger partial charge in [0.25, 0.3) is 0 Å². The predicted octanol–water partition coefficient (Wildman–Crippen LogP) is 3.04. The summed E-state index contributed by atoms with van der Waals surface area (Å²) in [6, 6.07) is 5.78. The third-order valence-corrected chi connectivity index (χ3v) is 3.00. The Labute approximate surface area is 110 Å². The highest BCUT2D eigenvalue weighted by molar-refractivity contribution is 5.43. The van der Waals surface area contributed by atoms with Crippen molar-refractivity contribution in [3.8, 4) is 11.5 Å². The predicted molar refractivity (Wildman–Crippen MR) is 73.3 cm³/mol. The van der Waals surface area contributed by atoms with E-state index >= 15 is 0 Å². The molecule has 3 nitrogen and oxygen atoms in total. The molecule has 102 valence electrons. The minimum atomic E-state index is -0.287. The second kappa shape index (κ2) is 7.27. The van der Waals surface area contributed by atoms with Crippen molar-refractivity contribution in [2.45, 2.75) is 39.2 Å². The molecule has 1 aromatic carbocycles. The molecule has 0 heterocycles. The molecule has 1 unspecified atom stereocenters. The van der Waals surface area contributed by atoms with E-state index in [0.717, 1.165) is 24.2 Å². The van der Waals surface area contributed by atoms with Crippen LogP contribution < -0.4 is 9.47 Å². The quantitative estimate of drug-likeness (QED) is 0.810. The van der Waals surface area contributed by atoms with Crippen LogP contribution in [0.3, 0.4) is 0 Å². The van der Waals surface area contributed by atoms with Gasteiger partial charge in [-0.05, 0) is 42.9 Å². The minimum Gasteiger partial charge on any atom is -0.493 e. The maximum absolute atomic E-state index is 9.97. The number of rotatable bonds is 7. The maximum Gasteiger partial charge on any atom is 0.160 e. The molecule has 0 bridgehead atoms. The highest BCUT2D eigenvalue weighted by atomic mass is 16.5. The minimum absolute atomic E-state index is 0.287. The summed E-state index contributed by atoms with van der Waals surface area (Å²) in [6.07, 6.45) is 2.26. The van der Waals surface area contributed by atoms with Gasteiger partial charge in [-0.25, -0.2) is 0 Å². The van der Waals surface area contributed by atoms with Crippen molar-refractivity contribution >= 4 is 0 Å². The molecule has 0 saturated carbocycles. The second-order valence-corrected chi connectivity index (χ2v) is 5.02. The largest absolute Gasteiger partial charge is 0.493 e. The van der Waals surface area contributed by atoms with Crippen LogP contribution in [0, 0.1) is 5.92 Å². The third kappa shape index (κ3) is 4.57. The molecule has 1 atom stereocenters. The summed E-state index contributed by atoms with van der Waals surface area (Å²) < 4.78 is 10.4. The normalized spacial score (nSPS) is 12.6. The molecular weight excluding hydrogens is 228 g/mol. The standard InChI is InChI=1S/C15H24O3/c1-11(2)5-7-13(16)9-12-6-8-14(17-3)15(10-12)18-4/h6,8,10-11,13,16H,5,7,9H2,1-4H3. The Balaban J connectivity index is 2.61. The molecule has 0 aliphatic heterocycles. The number of ether oxygens (including phenoxy) is 2. The van der Waals surface area contributed by atoms with Crippen LogP contribution in [0.1, 0.15) is 32.3 Å². The lowest BCUT2D eigenvalue weighted by Crippen LogP contribution is -2.11. The van der Waals surface area contributed by atoms with Crippen LogP contribution in [0.15, 0.2) is 18.2 Å². The molecule has 0 radical (unpaired) electrons. The van der Waals surface area contributed by atoms with Gasteiger partial charge in [0.05, 0.1) is 20.3 Å². The van der Waals surface area contributed by atoms with Crippen molar-refractivity contribution in [1.29, 1.82) is 0 Å². The Hall–Kier alpha value is -1.22. The fraction of sp³-hybridized carbons (Fsp3) is 0.600. The Morgan fingerprint density at radius 3 is 2.28 bits per heavy atom. The van der Waals surface area contributed by atoms with Gasteiger partial charge < -0.3 is 14.6 Å². The maximum atomic E-state index is 9.97. The average Bonchev–Trinajstić information content (AvgIpc) is 2.36. The van der Waals surface area contributed by atoms with E-state index in [9.17, 15) is 5.11 Å². The summed E-state index contributed by atoms with van der Waals surface area (Å²) >= 11 is 0. The zero-order valence-corrected chi connectivity index (χ0v) is 11.8. The molecule has 0 aliphatic rings. The van der Waals surface area contributed by atoms with E-state index in [0.29, 0.717) is 18.1 Å². The lowest BCUT2D eigenvalue weighted by Gasteiger charge is -2.14. The van der Waals surface area contributed by atoms with Gasteiger partial charge in [-0.1, -0.05) is 19.9 Å². The Kier molecular flexibility index (Phi) is 5.99. The smallest absolute Gasteiger partial charge is 0.160 e. The fourth-order valence-electron chi connectivity index (χ4n) is 1.91. The van der Waals surface area contributed by atoms with Crippen LogP contribution in [0.2, 0.25) is 0 Å². The van der Waals surface area contributed by atoms with Gasteiger partial charge in [-0.3, -0.25) is 0 Å². The number of aliphatic hydroxyl groups excluding tert-OH is 1. The monoisotopic (exact) mass is 252 g/mol. The first kappa shape index (κ1) is 14.8. The molecule has 18 heavy (non-hydrogen) atoms. The molecule has 0 saturated heterocycles. The van der Waals surface area contributed by atoms with Crippen LogP contribution in [-0.2, 0) is 6.42 Å². The number of hydrogen-bond donors (Lipinski definition) is 1. The van der Waals surface area contributed by atoms with Gasteiger partial charge in [0.15, 0.2) is 11.5 Å². The summed E-state index contributed by atoms with van der Waals surface area (Å²) in [6.45, 7) is 4.34. The summed E-state index contributed by atoms with van der Waals surface area (Å²) in [5.74, 6) is 2.06. The zero-order valence-electron chi connectivity index (χ0n) is 11.8. The van der Waals surface area contributed by atoms with E-state index in [-0.39, 0.29) is 6.10 Å². The van der Waals surface area contributed by atoms with E-state index in [1.54, 1.807) is 14.2 Å². The van der Waals surface area contributed by atoms with Crippen molar-refractivity contribution in [2.24, 2.45) is 5.92 Å². The number of benzene rings is 1.